The Morgan fingerprint density at radius 3 is 2.76 bits per heavy atom. The molecule has 1 aliphatic carbocycles. The van der Waals surface area contributed by atoms with Crippen LogP contribution in [-0.2, 0) is 10.5 Å². The average molecular weight is 431 g/mol. The lowest BCUT2D eigenvalue weighted by Gasteiger charge is -2.12. The van der Waals surface area contributed by atoms with Crippen molar-refractivity contribution in [1.29, 1.82) is 0 Å². The molecule has 2 N–H and O–H groups in total. The molecule has 2 aromatic rings. The Hall–Kier alpha value is -2.19. The first-order chi connectivity index (χ1) is 14.1. The van der Waals surface area contributed by atoms with Crippen molar-refractivity contribution in [1.82, 2.24) is 15.5 Å². The molecule has 0 spiro atoms. The summed E-state index contributed by atoms with van der Waals surface area (Å²) in [6.07, 6.45) is 8.15. The van der Waals surface area contributed by atoms with E-state index in [1.165, 1.54) is 54.4 Å². The minimum absolute atomic E-state index is 0.0354. The molecule has 29 heavy (non-hydrogen) atoms. The topological polar surface area (TPSA) is 84.0 Å². The molecule has 3 rings (SSSR count). The lowest BCUT2D eigenvalue weighted by Crippen LogP contribution is -2.26. The summed E-state index contributed by atoms with van der Waals surface area (Å²) in [5, 5.41) is 14.9. The van der Waals surface area contributed by atoms with Gasteiger partial charge in [0.05, 0.1) is 5.75 Å². The van der Waals surface area contributed by atoms with E-state index in [9.17, 15) is 9.59 Å². The zero-order valence-corrected chi connectivity index (χ0v) is 18.2. The minimum atomic E-state index is -0.266. The Balaban J connectivity index is 1.35. The summed E-state index contributed by atoms with van der Waals surface area (Å²) >= 11 is 2.74. The second-order valence-electron chi connectivity index (χ2n) is 7.02. The molecule has 0 radical (unpaired) electrons. The van der Waals surface area contributed by atoms with Gasteiger partial charge in [-0.2, -0.15) is 0 Å². The Morgan fingerprint density at radius 2 is 2.00 bits per heavy atom. The number of hydrogen-bond donors (Lipinski definition) is 2. The van der Waals surface area contributed by atoms with E-state index >= 15 is 0 Å². The molecule has 0 bridgehead atoms. The molecule has 6 nitrogen and oxygen atoms in total. The highest BCUT2D eigenvalue weighted by atomic mass is 32.2. The van der Waals surface area contributed by atoms with Crippen LogP contribution < -0.4 is 10.6 Å². The average Bonchev–Trinajstić information content (AvgIpc) is 3.20. The first-order valence-electron chi connectivity index (χ1n) is 9.83. The lowest BCUT2D eigenvalue weighted by molar-refractivity contribution is -0.118. The molecule has 1 aromatic carbocycles. The van der Waals surface area contributed by atoms with Gasteiger partial charge in [-0.1, -0.05) is 40.7 Å². The third kappa shape index (κ3) is 7.29. The van der Waals surface area contributed by atoms with Crippen LogP contribution in [0.3, 0.4) is 0 Å². The third-order valence-electron chi connectivity index (χ3n) is 4.58. The molecule has 2 amide bonds. The lowest BCUT2D eigenvalue weighted by atomic mass is 9.97. The molecule has 8 heteroatoms. The monoisotopic (exact) mass is 430 g/mol. The molecule has 154 valence electrons. The number of aryl methyl sites for hydroxylation is 1. The number of allylic oxidation sites excluding steroid dienone is 1. The number of anilines is 1. The van der Waals surface area contributed by atoms with Crippen LogP contribution in [0.25, 0.3) is 0 Å². The van der Waals surface area contributed by atoms with Crippen molar-refractivity contribution in [3.8, 4) is 0 Å². The van der Waals surface area contributed by atoms with Crippen LogP contribution in [0.1, 0.15) is 52.5 Å². The number of nitrogens with zero attached hydrogens (tertiary/aromatic N) is 2. The smallest absolute Gasteiger partial charge is 0.286 e. The molecule has 0 fully saturated rings. The van der Waals surface area contributed by atoms with Crippen molar-refractivity contribution in [3.63, 3.8) is 0 Å². The number of nitrogens with one attached hydrogen (secondary N) is 2. The number of benzene rings is 1. The number of carbonyl (C=O) groups excluding carboxylic acids is 2. The van der Waals surface area contributed by atoms with Gasteiger partial charge in [-0.05, 0) is 51.2 Å². The van der Waals surface area contributed by atoms with Gasteiger partial charge in [-0.25, -0.2) is 0 Å². The van der Waals surface area contributed by atoms with Gasteiger partial charge in [-0.3, -0.25) is 9.59 Å². The van der Waals surface area contributed by atoms with Gasteiger partial charge in [0.15, 0.2) is 0 Å². The molecule has 0 saturated carbocycles. The highest BCUT2D eigenvalue weighted by Crippen LogP contribution is 2.20. The van der Waals surface area contributed by atoms with Crippen LogP contribution in [-0.4, -0.2) is 34.3 Å². The first-order valence-corrected chi connectivity index (χ1v) is 11.8. The highest BCUT2D eigenvalue weighted by molar-refractivity contribution is 7.99. The van der Waals surface area contributed by atoms with Crippen LogP contribution in [0.2, 0.25) is 0 Å². The number of amides is 2. The van der Waals surface area contributed by atoms with Gasteiger partial charge in [0.25, 0.3) is 5.91 Å². The second kappa shape index (κ2) is 11.1. The van der Waals surface area contributed by atoms with Crippen molar-refractivity contribution in [3.05, 3.63) is 51.5 Å². The van der Waals surface area contributed by atoms with Crippen LogP contribution in [0, 0.1) is 6.92 Å². The van der Waals surface area contributed by atoms with Crippen LogP contribution in [0.5, 0.6) is 0 Å². The Bertz CT molecular complexity index is 862. The molecule has 0 unspecified atom stereocenters. The highest BCUT2D eigenvalue weighted by Gasteiger charge is 2.13. The Kier molecular flexibility index (Phi) is 8.25. The molecule has 0 saturated heterocycles. The molecule has 1 aliphatic rings. The van der Waals surface area contributed by atoms with Crippen LogP contribution in [0.4, 0.5) is 5.69 Å². The molecule has 1 heterocycles. The maximum Gasteiger partial charge on any atom is 0.286 e. The fourth-order valence-corrected chi connectivity index (χ4v) is 4.64. The summed E-state index contributed by atoms with van der Waals surface area (Å²) in [7, 11) is 0. The van der Waals surface area contributed by atoms with Gasteiger partial charge >= 0.3 is 0 Å². The third-order valence-corrected chi connectivity index (χ3v) is 6.63. The molecule has 0 atom stereocenters. The van der Waals surface area contributed by atoms with Gasteiger partial charge in [0.1, 0.15) is 5.01 Å². The van der Waals surface area contributed by atoms with E-state index in [1.807, 2.05) is 31.2 Å². The summed E-state index contributed by atoms with van der Waals surface area (Å²) in [5.74, 6) is 0.711. The summed E-state index contributed by atoms with van der Waals surface area (Å²) in [6, 6.07) is 7.59. The van der Waals surface area contributed by atoms with Crippen molar-refractivity contribution in [2.75, 3.05) is 17.6 Å². The number of carbonyl (C=O) groups is 2. The molecule has 1 aromatic heterocycles. The number of aromatic nitrogens is 2. The summed E-state index contributed by atoms with van der Waals surface area (Å²) < 4.78 is 0. The number of rotatable bonds is 9. The summed E-state index contributed by atoms with van der Waals surface area (Å²) in [6.45, 7) is 2.70. The summed E-state index contributed by atoms with van der Waals surface area (Å²) in [4.78, 5) is 24.2. The predicted molar refractivity (Wildman–Crippen MR) is 119 cm³/mol. The fraction of sp³-hybridized carbons (Fsp3) is 0.429. The maximum absolute atomic E-state index is 12.3. The van der Waals surface area contributed by atoms with Gasteiger partial charge in [-0.15, -0.1) is 22.0 Å². The zero-order valence-electron chi connectivity index (χ0n) is 16.6. The van der Waals surface area contributed by atoms with Crippen molar-refractivity contribution in [2.24, 2.45) is 0 Å². The standard InChI is InChI=1S/C21H26N4O2S2/c1-15-7-9-17(10-8-15)23-20(27)21-25-24-19(29-21)14-28-13-18(26)22-12-11-16-5-3-2-4-6-16/h5,7-10H,2-4,6,11-14H2,1H3,(H,22,26)(H,23,27). The van der Waals surface area contributed by atoms with E-state index < -0.39 is 0 Å². The summed E-state index contributed by atoms with van der Waals surface area (Å²) in [5.41, 5.74) is 3.33. The van der Waals surface area contributed by atoms with Crippen LogP contribution >= 0.6 is 23.1 Å². The van der Waals surface area contributed by atoms with Crippen LogP contribution in [0.15, 0.2) is 35.9 Å². The zero-order chi connectivity index (χ0) is 20.5. The number of thioether (sulfide) groups is 1. The van der Waals surface area contributed by atoms with E-state index in [1.54, 1.807) is 0 Å². The van der Waals surface area contributed by atoms with E-state index in [4.69, 9.17) is 0 Å². The minimum Gasteiger partial charge on any atom is -0.355 e. The molecule has 0 aliphatic heterocycles. The number of hydrogen-bond acceptors (Lipinski definition) is 6. The fourth-order valence-electron chi connectivity index (χ4n) is 3.00. The van der Waals surface area contributed by atoms with E-state index in [2.05, 4.69) is 26.9 Å². The van der Waals surface area contributed by atoms with Gasteiger partial charge in [0.2, 0.25) is 10.9 Å². The van der Waals surface area contributed by atoms with Crippen molar-refractivity contribution < 1.29 is 9.59 Å². The quantitative estimate of drug-likeness (QED) is 0.578. The molecular weight excluding hydrogens is 404 g/mol. The van der Waals surface area contributed by atoms with Crippen molar-refractivity contribution >= 4 is 40.6 Å². The van der Waals surface area contributed by atoms with Gasteiger partial charge < -0.3 is 10.6 Å². The van der Waals surface area contributed by atoms with E-state index in [0.29, 0.717) is 23.1 Å². The normalized spacial score (nSPS) is 13.6. The van der Waals surface area contributed by atoms with E-state index in [-0.39, 0.29) is 11.8 Å². The first kappa shape index (κ1) is 21.5. The maximum atomic E-state index is 12.3. The predicted octanol–water partition coefficient (Wildman–Crippen LogP) is 4.34. The molecular formula is C21H26N4O2S2. The SMILES string of the molecule is Cc1ccc(NC(=O)c2nnc(CSCC(=O)NCCC3=CCCCC3)s2)cc1. The van der Waals surface area contributed by atoms with E-state index in [0.717, 1.165) is 22.7 Å². The largest absolute Gasteiger partial charge is 0.355 e. The Morgan fingerprint density at radius 1 is 1.17 bits per heavy atom. The second-order valence-corrected chi connectivity index (χ2v) is 9.07. The van der Waals surface area contributed by atoms with Crippen molar-refractivity contribution in [2.45, 2.75) is 44.8 Å². The Labute approximate surface area is 179 Å². The van der Waals surface area contributed by atoms with Gasteiger partial charge in [0, 0.05) is 18.0 Å².